The molecule has 0 amide bonds. The van der Waals surface area contributed by atoms with Gasteiger partial charge in [-0.2, -0.15) is 0 Å². The molecule has 4 heteroatoms. The normalized spacial score (nSPS) is 11.2. The van der Waals surface area contributed by atoms with Gasteiger partial charge in [-0.05, 0) is 105 Å². The number of hydrogen-bond acceptors (Lipinski definition) is 4. The molecule has 0 aromatic heterocycles. The third-order valence-corrected chi connectivity index (χ3v) is 9.35. The lowest BCUT2D eigenvalue weighted by Gasteiger charge is -2.20. The molecule has 0 heterocycles. The first-order valence-corrected chi connectivity index (χ1v) is 18.2. The lowest BCUT2D eigenvalue weighted by molar-refractivity contribution is 0.304. The smallest absolute Gasteiger partial charge is 0.119 e. The van der Waals surface area contributed by atoms with E-state index < -0.39 is 0 Å². The molecule has 0 aliphatic carbocycles. The van der Waals surface area contributed by atoms with Gasteiger partial charge in [0, 0.05) is 0 Å². The summed E-state index contributed by atoms with van der Waals surface area (Å²) >= 11 is 0. The van der Waals surface area contributed by atoms with Crippen LogP contribution < -0.4 is 18.9 Å². The van der Waals surface area contributed by atoms with E-state index in [0.29, 0.717) is 0 Å². The largest absolute Gasteiger partial charge is 0.497 e. The fourth-order valence-electron chi connectivity index (χ4n) is 6.65. The lowest BCUT2D eigenvalue weighted by atomic mass is 9.85. The summed E-state index contributed by atoms with van der Waals surface area (Å²) in [5.41, 5.74) is 4.65. The summed E-state index contributed by atoms with van der Waals surface area (Å²) in [7, 11) is 3.42. The highest BCUT2D eigenvalue weighted by atomic mass is 16.5. The minimum atomic E-state index is 0.730. The molecule has 48 heavy (non-hydrogen) atoms. The predicted octanol–water partition coefficient (Wildman–Crippen LogP) is 12.8. The van der Waals surface area contributed by atoms with Crippen LogP contribution in [-0.4, -0.2) is 27.4 Å². The molecule has 0 radical (unpaired) electrons. The summed E-state index contributed by atoms with van der Waals surface area (Å²) in [4.78, 5) is 0. The van der Waals surface area contributed by atoms with Crippen LogP contribution in [-0.2, 0) is 0 Å². The minimum Gasteiger partial charge on any atom is -0.497 e. The Morgan fingerprint density at radius 3 is 1.10 bits per heavy atom. The third kappa shape index (κ3) is 9.04. The van der Waals surface area contributed by atoms with E-state index in [1.54, 1.807) is 14.2 Å². The topological polar surface area (TPSA) is 36.9 Å². The molecule has 0 spiro atoms. The summed E-state index contributed by atoms with van der Waals surface area (Å²) in [6.07, 6.45) is 14.9. The highest BCUT2D eigenvalue weighted by Crippen LogP contribution is 2.46. The number of benzene rings is 5. The van der Waals surface area contributed by atoms with E-state index in [9.17, 15) is 0 Å². The van der Waals surface area contributed by atoms with Gasteiger partial charge in [-0.3, -0.25) is 0 Å². The van der Waals surface area contributed by atoms with Crippen molar-refractivity contribution in [3.05, 3.63) is 84.9 Å². The van der Waals surface area contributed by atoms with E-state index >= 15 is 0 Å². The summed E-state index contributed by atoms with van der Waals surface area (Å²) in [6.45, 7) is 5.98. The zero-order valence-electron chi connectivity index (χ0n) is 29.6. The highest BCUT2D eigenvalue weighted by molar-refractivity contribution is 6.21. The SMILES string of the molecule is CCCCCCCCOc1ccc2c(-c3ccc(OC)cc3)c3cc(OCCCCCCCC)ccc3c(-c3ccc(OC)cc3)c2c1. The lowest BCUT2D eigenvalue weighted by Crippen LogP contribution is -1.99. The van der Waals surface area contributed by atoms with Gasteiger partial charge in [-0.15, -0.1) is 0 Å². The van der Waals surface area contributed by atoms with Crippen molar-refractivity contribution in [3.8, 4) is 45.3 Å². The van der Waals surface area contributed by atoms with Crippen molar-refractivity contribution in [2.24, 2.45) is 0 Å². The molecule has 0 saturated carbocycles. The number of rotatable bonds is 20. The van der Waals surface area contributed by atoms with Crippen LogP contribution in [0.1, 0.15) is 90.9 Å². The van der Waals surface area contributed by atoms with Crippen molar-refractivity contribution < 1.29 is 18.9 Å². The number of ether oxygens (including phenoxy) is 4. The molecule has 5 rings (SSSR count). The van der Waals surface area contributed by atoms with Gasteiger partial charge in [0.2, 0.25) is 0 Å². The maximum absolute atomic E-state index is 6.38. The average molecular weight is 647 g/mol. The summed E-state index contributed by atoms with van der Waals surface area (Å²) in [5, 5.41) is 4.69. The molecular weight excluding hydrogens is 592 g/mol. The second-order valence-corrected chi connectivity index (χ2v) is 12.9. The maximum atomic E-state index is 6.38. The number of methoxy groups -OCH3 is 2. The molecule has 0 aliphatic heterocycles. The molecule has 5 aromatic carbocycles. The summed E-state index contributed by atoms with van der Waals surface area (Å²) < 4.78 is 23.8. The van der Waals surface area contributed by atoms with Crippen LogP contribution in [0.5, 0.6) is 23.0 Å². The van der Waals surface area contributed by atoms with E-state index in [4.69, 9.17) is 18.9 Å². The fourth-order valence-corrected chi connectivity index (χ4v) is 6.65. The van der Waals surface area contributed by atoms with Crippen molar-refractivity contribution in [3.63, 3.8) is 0 Å². The third-order valence-electron chi connectivity index (χ3n) is 9.35. The average Bonchev–Trinajstić information content (AvgIpc) is 3.13. The van der Waals surface area contributed by atoms with E-state index in [1.807, 2.05) is 24.3 Å². The van der Waals surface area contributed by atoms with Gasteiger partial charge in [0.1, 0.15) is 23.0 Å². The van der Waals surface area contributed by atoms with Gasteiger partial charge in [-0.25, -0.2) is 0 Å². The molecule has 254 valence electrons. The summed E-state index contributed by atoms with van der Waals surface area (Å²) in [6, 6.07) is 30.0. The monoisotopic (exact) mass is 646 g/mol. The Kier molecular flexibility index (Phi) is 13.5. The number of unbranched alkanes of at least 4 members (excludes halogenated alkanes) is 10. The van der Waals surface area contributed by atoms with Crippen molar-refractivity contribution >= 4 is 21.5 Å². The Balaban J connectivity index is 1.58. The van der Waals surface area contributed by atoms with Crippen molar-refractivity contribution in [2.75, 3.05) is 27.4 Å². The first-order chi connectivity index (χ1) is 23.7. The zero-order valence-corrected chi connectivity index (χ0v) is 29.6. The summed E-state index contributed by atoms with van der Waals surface area (Å²) in [5.74, 6) is 3.50. The van der Waals surface area contributed by atoms with Crippen molar-refractivity contribution in [1.82, 2.24) is 0 Å². The number of hydrogen-bond donors (Lipinski definition) is 0. The maximum Gasteiger partial charge on any atom is 0.119 e. The standard InChI is InChI=1S/C44H54O4/c1-5-7-9-11-13-15-29-47-37-25-27-39-41(31-37)43(33-17-21-35(45-3)22-18-33)40-28-26-38(48-30-16-14-12-10-8-6-2)32-42(40)44(39)34-19-23-36(46-4)24-20-34/h17-28,31-32H,5-16,29-30H2,1-4H3. The Morgan fingerprint density at radius 1 is 0.375 bits per heavy atom. The Bertz CT molecular complexity index is 1580. The van der Waals surface area contributed by atoms with Crippen LogP contribution in [0, 0.1) is 0 Å². The molecule has 0 bridgehead atoms. The van der Waals surface area contributed by atoms with Crippen molar-refractivity contribution in [2.45, 2.75) is 90.9 Å². The highest BCUT2D eigenvalue weighted by Gasteiger charge is 2.19. The molecule has 5 aromatic rings. The zero-order chi connectivity index (χ0) is 33.6. The molecule has 0 fully saturated rings. The molecule has 4 nitrogen and oxygen atoms in total. The van der Waals surface area contributed by atoms with Gasteiger partial charge >= 0.3 is 0 Å². The number of fused-ring (bicyclic) bond motifs is 2. The van der Waals surface area contributed by atoms with Gasteiger partial charge in [0.15, 0.2) is 0 Å². The predicted molar refractivity (Wildman–Crippen MR) is 203 cm³/mol. The van der Waals surface area contributed by atoms with Crippen LogP contribution in [0.3, 0.4) is 0 Å². The quantitative estimate of drug-likeness (QED) is 0.0623. The van der Waals surface area contributed by atoms with Crippen LogP contribution in [0.15, 0.2) is 84.9 Å². The molecule has 0 unspecified atom stereocenters. The van der Waals surface area contributed by atoms with Gasteiger partial charge < -0.3 is 18.9 Å². The molecule has 0 aliphatic rings. The second-order valence-electron chi connectivity index (χ2n) is 12.9. The van der Waals surface area contributed by atoms with Gasteiger partial charge in [0.05, 0.1) is 27.4 Å². The molecule has 0 atom stereocenters. The Morgan fingerprint density at radius 2 is 0.729 bits per heavy atom. The van der Waals surface area contributed by atoms with Crippen LogP contribution in [0.25, 0.3) is 43.8 Å². The van der Waals surface area contributed by atoms with E-state index in [-0.39, 0.29) is 0 Å². The molecule has 0 saturated heterocycles. The van der Waals surface area contributed by atoms with Crippen molar-refractivity contribution in [1.29, 1.82) is 0 Å². The first kappa shape index (κ1) is 35.1. The Hall–Kier alpha value is -4.18. The minimum absolute atomic E-state index is 0.730. The van der Waals surface area contributed by atoms with Crippen LogP contribution in [0.4, 0.5) is 0 Å². The van der Waals surface area contributed by atoms with E-state index in [1.165, 1.54) is 96.9 Å². The van der Waals surface area contributed by atoms with Crippen LogP contribution >= 0.6 is 0 Å². The van der Waals surface area contributed by atoms with Gasteiger partial charge in [-0.1, -0.05) is 114 Å². The first-order valence-electron chi connectivity index (χ1n) is 18.2. The van der Waals surface area contributed by atoms with E-state index in [2.05, 4.69) is 74.5 Å². The molecule has 0 N–H and O–H groups in total. The van der Waals surface area contributed by atoms with Gasteiger partial charge in [0.25, 0.3) is 0 Å². The second kappa shape index (κ2) is 18.4. The van der Waals surface area contributed by atoms with Crippen LogP contribution in [0.2, 0.25) is 0 Å². The molecular formula is C44H54O4. The van der Waals surface area contributed by atoms with E-state index in [0.717, 1.165) is 60.2 Å². The Labute approximate surface area is 288 Å². The fraction of sp³-hybridized carbons (Fsp3) is 0.409.